The zero-order chi connectivity index (χ0) is 8.27. The van der Waals surface area contributed by atoms with Gasteiger partial charge in [-0.1, -0.05) is 0 Å². The topological polar surface area (TPSA) is 53.1 Å². The molecule has 1 rings (SSSR count). The molecule has 3 N–H and O–H groups in total. The summed E-state index contributed by atoms with van der Waals surface area (Å²) in [7, 11) is 2.15. The summed E-state index contributed by atoms with van der Waals surface area (Å²) in [4.78, 5) is 2.36. The van der Waals surface area contributed by atoms with Gasteiger partial charge in [0.1, 0.15) is 0 Å². The molecular formula is C8H19Cl2N3. The van der Waals surface area contributed by atoms with Crippen molar-refractivity contribution in [3.05, 3.63) is 0 Å². The molecule has 0 amide bonds. The molecule has 1 saturated heterocycles. The molecular weight excluding hydrogens is 209 g/mol. The molecule has 1 atom stereocenters. The largest absolute Gasteiger partial charge is 0.388 e. The maximum atomic E-state index is 7.08. The summed E-state index contributed by atoms with van der Waals surface area (Å²) >= 11 is 0. The predicted molar refractivity (Wildman–Crippen MR) is 61.3 cm³/mol. The average molecular weight is 228 g/mol. The van der Waals surface area contributed by atoms with Gasteiger partial charge in [-0.3, -0.25) is 5.41 Å². The Morgan fingerprint density at radius 2 is 2.15 bits per heavy atom. The van der Waals surface area contributed by atoms with E-state index in [1.807, 2.05) is 0 Å². The first kappa shape index (κ1) is 15.5. The van der Waals surface area contributed by atoms with Crippen molar-refractivity contribution in [1.82, 2.24) is 4.90 Å². The number of rotatable bonds is 3. The van der Waals surface area contributed by atoms with Gasteiger partial charge in [-0.25, -0.2) is 0 Å². The van der Waals surface area contributed by atoms with E-state index >= 15 is 0 Å². The highest BCUT2D eigenvalue weighted by Crippen LogP contribution is 2.18. The summed E-state index contributed by atoms with van der Waals surface area (Å²) in [6.07, 6.45) is 4.41. The van der Waals surface area contributed by atoms with E-state index in [9.17, 15) is 0 Å². The van der Waals surface area contributed by atoms with Crippen LogP contribution in [0.2, 0.25) is 0 Å². The molecule has 5 heteroatoms. The number of halogens is 2. The number of nitrogens with one attached hydrogen (secondary N) is 1. The summed E-state index contributed by atoms with van der Waals surface area (Å²) in [5.41, 5.74) is 5.28. The fourth-order valence-electron chi connectivity index (χ4n) is 1.67. The lowest BCUT2D eigenvalue weighted by molar-refractivity contribution is 0.299. The smallest absolute Gasteiger partial charge is 0.0905 e. The van der Waals surface area contributed by atoms with E-state index in [2.05, 4.69) is 11.9 Å². The molecule has 0 radical (unpaired) electrons. The molecule has 1 aliphatic rings. The van der Waals surface area contributed by atoms with E-state index in [0.717, 1.165) is 12.8 Å². The van der Waals surface area contributed by atoms with Crippen molar-refractivity contribution >= 4 is 30.6 Å². The van der Waals surface area contributed by atoms with Crippen molar-refractivity contribution in [3.8, 4) is 0 Å². The van der Waals surface area contributed by atoms with Crippen LogP contribution < -0.4 is 5.73 Å². The number of likely N-dealkylation sites (tertiary alicyclic amines) is 1. The van der Waals surface area contributed by atoms with E-state index in [1.165, 1.54) is 19.4 Å². The molecule has 1 aliphatic heterocycles. The van der Waals surface area contributed by atoms with E-state index in [-0.39, 0.29) is 24.8 Å². The first-order chi connectivity index (χ1) is 5.20. The van der Waals surface area contributed by atoms with Crippen LogP contribution in [0.3, 0.4) is 0 Å². The minimum atomic E-state index is 0. The first-order valence-corrected chi connectivity index (χ1v) is 4.23. The van der Waals surface area contributed by atoms with Crippen LogP contribution in [0.25, 0.3) is 0 Å². The van der Waals surface area contributed by atoms with Crippen LogP contribution in [-0.2, 0) is 0 Å². The van der Waals surface area contributed by atoms with E-state index in [1.54, 1.807) is 0 Å². The summed E-state index contributed by atoms with van der Waals surface area (Å²) in [6.45, 7) is 1.21. The SMILES string of the molecule is CN1CCCC1CCC(=N)N.Cl.Cl. The summed E-state index contributed by atoms with van der Waals surface area (Å²) in [5, 5.41) is 7.08. The van der Waals surface area contributed by atoms with E-state index in [4.69, 9.17) is 11.1 Å². The maximum Gasteiger partial charge on any atom is 0.0905 e. The zero-order valence-corrected chi connectivity index (χ0v) is 9.59. The van der Waals surface area contributed by atoms with Gasteiger partial charge in [0, 0.05) is 12.5 Å². The minimum Gasteiger partial charge on any atom is -0.388 e. The minimum absolute atomic E-state index is 0. The standard InChI is InChI=1S/C8H17N3.2ClH/c1-11-6-2-3-7(11)4-5-8(9)10;;/h7H,2-6H2,1H3,(H3,9,10);2*1H. The van der Waals surface area contributed by atoms with Gasteiger partial charge in [-0.2, -0.15) is 0 Å². The molecule has 13 heavy (non-hydrogen) atoms. The van der Waals surface area contributed by atoms with E-state index in [0.29, 0.717) is 11.9 Å². The third kappa shape index (κ3) is 5.34. The monoisotopic (exact) mass is 227 g/mol. The highest BCUT2D eigenvalue weighted by molar-refractivity contribution is 5.85. The van der Waals surface area contributed by atoms with Crippen LogP contribution in [0.4, 0.5) is 0 Å². The molecule has 0 bridgehead atoms. The van der Waals surface area contributed by atoms with Gasteiger partial charge in [-0.05, 0) is 32.9 Å². The third-order valence-corrected chi connectivity index (χ3v) is 2.42. The van der Waals surface area contributed by atoms with Crippen LogP contribution in [-0.4, -0.2) is 30.4 Å². The Hall–Kier alpha value is 0.01000. The fraction of sp³-hybridized carbons (Fsp3) is 0.875. The molecule has 0 aromatic rings. The summed E-state index contributed by atoms with van der Waals surface area (Å²) in [6, 6.07) is 0.680. The zero-order valence-electron chi connectivity index (χ0n) is 7.95. The highest BCUT2D eigenvalue weighted by Gasteiger charge is 2.19. The lowest BCUT2D eigenvalue weighted by Crippen LogP contribution is -2.26. The number of nitrogens with zero attached hydrogens (tertiary/aromatic N) is 1. The number of hydrogen-bond acceptors (Lipinski definition) is 2. The summed E-state index contributed by atoms with van der Waals surface area (Å²) < 4.78 is 0. The number of nitrogens with two attached hydrogens (primary N) is 1. The quantitative estimate of drug-likeness (QED) is 0.570. The van der Waals surface area contributed by atoms with Gasteiger partial charge in [0.15, 0.2) is 0 Å². The van der Waals surface area contributed by atoms with Crippen LogP contribution in [0.5, 0.6) is 0 Å². The van der Waals surface area contributed by atoms with Gasteiger partial charge < -0.3 is 10.6 Å². The lowest BCUT2D eigenvalue weighted by Gasteiger charge is -2.18. The Labute approximate surface area is 92.4 Å². The molecule has 1 unspecified atom stereocenters. The highest BCUT2D eigenvalue weighted by atomic mass is 35.5. The third-order valence-electron chi connectivity index (χ3n) is 2.42. The Bertz CT molecular complexity index is 152. The Balaban J connectivity index is 0. The van der Waals surface area contributed by atoms with Crippen molar-refractivity contribution in [2.24, 2.45) is 5.73 Å². The second-order valence-corrected chi connectivity index (χ2v) is 3.34. The normalized spacial score (nSPS) is 21.8. The number of hydrogen-bond donors (Lipinski definition) is 2. The second-order valence-electron chi connectivity index (χ2n) is 3.34. The molecule has 80 valence electrons. The van der Waals surface area contributed by atoms with Gasteiger partial charge >= 0.3 is 0 Å². The summed E-state index contributed by atoms with van der Waals surface area (Å²) in [5.74, 6) is 0.324. The average Bonchev–Trinajstić information content (AvgIpc) is 2.31. The Kier molecular flexibility index (Phi) is 8.83. The van der Waals surface area contributed by atoms with Crippen LogP contribution >= 0.6 is 24.8 Å². The maximum absolute atomic E-state index is 7.08. The van der Waals surface area contributed by atoms with Crippen molar-refractivity contribution in [3.63, 3.8) is 0 Å². The predicted octanol–water partition coefficient (Wildman–Crippen LogP) is 1.64. The molecule has 0 spiro atoms. The first-order valence-electron chi connectivity index (χ1n) is 4.23. The van der Waals surface area contributed by atoms with Crippen LogP contribution in [0, 0.1) is 5.41 Å². The number of amidine groups is 1. The second kappa shape index (κ2) is 7.42. The Morgan fingerprint density at radius 1 is 1.54 bits per heavy atom. The molecule has 3 nitrogen and oxygen atoms in total. The van der Waals surface area contributed by atoms with Crippen LogP contribution in [0.1, 0.15) is 25.7 Å². The molecule has 0 saturated carbocycles. The Morgan fingerprint density at radius 3 is 2.54 bits per heavy atom. The van der Waals surface area contributed by atoms with E-state index < -0.39 is 0 Å². The van der Waals surface area contributed by atoms with Crippen molar-refractivity contribution in [2.45, 2.75) is 31.7 Å². The molecule has 0 aromatic heterocycles. The van der Waals surface area contributed by atoms with Crippen molar-refractivity contribution < 1.29 is 0 Å². The van der Waals surface area contributed by atoms with Gasteiger partial charge in [0.25, 0.3) is 0 Å². The molecule has 1 heterocycles. The van der Waals surface area contributed by atoms with Crippen LogP contribution in [0.15, 0.2) is 0 Å². The van der Waals surface area contributed by atoms with Crippen molar-refractivity contribution in [1.29, 1.82) is 5.41 Å². The van der Waals surface area contributed by atoms with Gasteiger partial charge in [0.2, 0.25) is 0 Å². The molecule has 0 aromatic carbocycles. The van der Waals surface area contributed by atoms with Crippen molar-refractivity contribution in [2.75, 3.05) is 13.6 Å². The molecule has 0 aliphatic carbocycles. The van der Waals surface area contributed by atoms with Gasteiger partial charge in [0.05, 0.1) is 5.84 Å². The molecule has 1 fully saturated rings. The van der Waals surface area contributed by atoms with Gasteiger partial charge in [-0.15, -0.1) is 24.8 Å². The fourth-order valence-corrected chi connectivity index (χ4v) is 1.67. The lowest BCUT2D eigenvalue weighted by atomic mass is 10.1.